The van der Waals surface area contributed by atoms with E-state index in [4.69, 9.17) is 10.00 Å². The molecule has 1 amide bonds. The van der Waals surface area contributed by atoms with Gasteiger partial charge in [-0.05, 0) is 48.0 Å². The third-order valence-electron chi connectivity index (χ3n) is 4.68. The Morgan fingerprint density at radius 1 is 1.03 bits per heavy atom. The predicted molar refractivity (Wildman–Crippen MR) is 116 cm³/mol. The van der Waals surface area contributed by atoms with Gasteiger partial charge in [0.1, 0.15) is 25.0 Å². The molecule has 0 saturated heterocycles. The van der Waals surface area contributed by atoms with E-state index in [9.17, 15) is 4.79 Å². The average molecular weight is 409 g/mol. The molecule has 0 fully saturated rings. The first-order valence-corrected chi connectivity index (χ1v) is 9.66. The predicted octanol–water partition coefficient (Wildman–Crippen LogP) is 4.16. The highest BCUT2D eigenvalue weighted by atomic mass is 16.5. The Balaban J connectivity index is 1.42. The maximum absolute atomic E-state index is 12.7. The fraction of sp³-hybridized carbons (Fsp3) is 0.0833. The highest BCUT2D eigenvalue weighted by Gasteiger charge is 2.10. The van der Waals surface area contributed by atoms with E-state index in [0.29, 0.717) is 30.0 Å². The van der Waals surface area contributed by atoms with Crippen molar-refractivity contribution >= 4 is 11.6 Å². The van der Waals surface area contributed by atoms with Gasteiger partial charge in [-0.1, -0.05) is 30.3 Å². The molecule has 4 aromatic rings. The molecule has 1 N–H and O–H groups in total. The minimum absolute atomic E-state index is 0.210. The summed E-state index contributed by atoms with van der Waals surface area (Å²) in [6.45, 7) is 0.305. The van der Waals surface area contributed by atoms with Crippen LogP contribution in [0.5, 0.6) is 5.75 Å². The molecule has 0 aliphatic rings. The van der Waals surface area contributed by atoms with Crippen LogP contribution in [0, 0.1) is 11.3 Å². The Kier molecular flexibility index (Phi) is 6.00. The minimum Gasteiger partial charge on any atom is -0.489 e. The van der Waals surface area contributed by atoms with E-state index in [-0.39, 0.29) is 5.91 Å². The molecule has 152 valence electrons. The zero-order valence-corrected chi connectivity index (χ0v) is 16.6. The number of nitriles is 1. The molecule has 7 nitrogen and oxygen atoms in total. The molecule has 1 heterocycles. The Bertz CT molecular complexity index is 1190. The number of ether oxygens (including phenoxy) is 1. The number of benzene rings is 3. The second-order valence-corrected chi connectivity index (χ2v) is 6.77. The van der Waals surface area contributed by atoms with Crippen molar-refractivity contribution in [2.75, 3.05) is 5.32 Å². The lowest BCUT2D eigenvalue weighted by Crippen LogP contribution is -2.14. The second-order valence-electron chi connectivity index (χ2n) is 6.77. The number of aromatic nitrogens is 3. The standard InChI is InChI=1S/C24H19N5O2/c25-14-13-18-5-11-22(12-6-18)31-15-20-3-1-2-4-23(20)28-24(30)19-7-9-21(10-8-19)29-17-26-16-27-29/h1-12,16-17H,13,15H2,(H,28,30). The van der Waals surface area contributed by atoms with Crippen LogP contribution in [0.15, 0.2) is 85.5 Å². The molecule has 0 atom stereocenters. The van der Waals surface area contributed by atoms with Gasteiger partial charge in [-0.25, -0.2) is 9.67 Å². The molecule has 31 heavy (non-hydrogen) atoms. The van der Waals surface area contributed by atoms with Gasteiger partial charge in [0, 0.05) is 16.8 Å². The first kappa shape index (κ1) is 19.9. The van der Waals surface area contributed by atoms with Crippen LogP contribution in [0.3, 0.4) is 0 Å². The van der Waals surface area contributed by atoms with Gasteiger partial charge in [-0.15, -0.1) is 0 Å². The first-order chi connectivity index (χ1) is 15.2. The van der Waals surface area contributed by atoms with Gasteiger partial charge in [0.05, 0.1) is 18.2 Å². The van der Waals surface area contributed by atoms with Crippen LogP contribution in [0.25, 0.3) is 5.69 Å². The molecule has 0 unspecified atom stereocenters. The number of para-hydroxylation sites is 1. The van der Waals surface area contributed by atoms with Crippen LogP contribution in [0.4, 0.5) is 5.69 Å². The smallest absolute Gasteiger partial charge is 0.255 e. The summed E-state index contributed by atoms with van der Waals surface area (Å²) in [4.78, 5) is 16.6. The van der Waals surface area contributed by atoms with Crippen molar-refractivity contribution in [3.8, 4) is 17.5 Å². The molecule has 0 aliphatic heterocycles. The fourth-order valence-corrected chi connectivity index (χ4v) is 3.03. The monoisotopic (exact) mass is 409 g/mol. The normalized spacial score (nSPS) is 10.3. The molecule has 0 aliphatic carbocycles. The Labute approximate surface area is 179 Å². The number of carbonyl (C=O) groups excluding carboxylic acids is 1. The maximum Gasteiger partial charge on any atom is 0.255 e. The third-order valence-corrected chi connectivity index (χ3v) is 4.68. The van der Waals surface area contributed by atoms with Gasteiger partial charge in [0.25, 0.3) is 5.91 Å². The molecule has 4 rings (SSSR count). The lowest BCUT2D eigenvalue weighted by atomic mass is 10.1. The summed E-state index contributed by atoms with van der Waals surface area (Å²) >= 11 is 0. The summed E-state index contributed by atoms with van der Waals surface area (Å²) in [5, 5.41) is 15.8. The summed E-state index contributed by atoms with van der Waals surface area (Å²) in [6.07, 6.45) is 3.43. The minimum atomic E-state index is -0.210. The second kappa shape index (κ2) is 9.37. The number of amides is 1. The number of hydrogen-bond acceptors (Lipinski definition) is 5. The van der Waals surface area contributed by atoms with Crippen molar-refractivity contribution in [3.63, 3.8) is 0 Å². The van der Waals surface area contributed by atoms with Crippen LogP contribution in [-0.2, 0) is 13.0 Å². The lowest BCUT2D eigenvalue weighted by molar-refractivity contribution is 0.102. The summed E-state index contributed by atoms with van der Waals surface area (Å²) in [5.74, 6) is 0.491. The van der Waals surface area contributed by atoms with Crippen molar-refractivity contribution in [1.82, 2.24) is 14.8 Å². The summed E-state index contributed by atoms with van der Waals surface area (Å²) < 4.78 is 7.49. The van der Waals surface area contributed by atoms with Crippen LogP contribution >= 0.6 is 0 Å². The van der Waals surface area contributed by atoms with Gasteiger partial charge >= 0.3 is 0 Å². The van der Waals surface area contributed by atoms with Gasteiger partial charge in [-0.2, -0.15) is 10.4 Å². The van der Waals surface area contributed by atoms with E-state index in [1.807, 2.05) is 60.7 Å². The van der Waals surface area contributed by atoms with Gasteiger partial charge in [0.15, 0.2) is 0 Å². The highest BCUT2D eigenvalue weighted by molar-refractivity contribution is 6.04. The quantitative estimate of drug-likeness (QED) is 0.495. The molecule has 0 radical (unpaired) electrons. The van der Waals surface area contributed by atoms with Crippen LogP contribution in [0.1, 0.15) is 21.5 Å². The molecular weight excluding hydrogens is 390 g/mol. The Morgan fingerprint density at radius 3 is 2.52 bits per heavy atom. The molecular formula is C24H19N5O2. The largest absolute Gasteiger partial charge is 0.489 e. The number of anilines is 1. The van der Waals surface area contributed by atoms with Crippen molar-refractivity contribution < 1.29 is 9.53 Å². The van der Waals surface area contributed by atoms with Crippen molar-refractivity contribution in [3.05, 3.63) is 102 Å². The lowest BCUT2D eigenvalue weighted by Gasteiger charge is -2.13. The fourth-order valence-electron chi connectivity index (χ4n) is 3.03. The van der Waals surface area contributed by atoms with E-state index < -0.39 is 0 Å². The number of nitrogens with one attached hydrogen (secondary N) is 1. The van der Waals surface area contributed by atoms with Crippen molar-refractivity contribution in [1.29, 1.82) is 5.26 Å². The van der Waals surface area contributed by atoms with E-state index in [0.717, 1.165) is 16.8 Å². The highest BCUT2D eigenvalue weighted by Crippen LogP contribution is 2.20. The Morgan fingerprint density at radius 2 is 1.81 bits per heavy atom. The van der Waals surface area contributed by atoms with Gasteiger partial charge < -0.3 is 10.1 Å². The number of hydrogen-bond donors (Lipinski definition) is 1. The van der Waals surface area contributed by atoms with E-state index in [1.54, 1.807) is 23.1 Å². The summed E-state index contributed by atoms with van der Waals surface area (Å²) in [7, 11) is 0. The summed E-state index contributed by atoms with van der Waals surface area (Å²) in [6, 6.07) is 24.2. The molecule has 0 saturated carbocycles. The van der Waals surface area contributed by atoms with Crippen LogP contribution < -0.4 is 10.1 Å². The molecule has 1 aromatic heterocycles. The van der Waals surface area contributed by atoms with Crippen molar-refractivity contribution in [2.24, 2.45) is 0 Å². The molecule has 0 spiro atoms. The maximum atomic E-state index is 12.7. The zero-order valence-electron chi connectivity index (χ0n) is 16.6. The van der Waals surface area contributed by atoms with E-state index >= 15 is 0 Å². The van der Waals surface area contributed by atoms with Crippen LogP contribution in [0.2, 0.25) is 0 Å². The SMILES string of the molecule is N#CCc1ccc(OCc2ccccc2NC(=O)c2ccc(-n3cncn3)cc2)cc1. The van der Waals surface area contributed by atoms with E-state index in [2.05, 4.69) is 21.5 Å². The topological polar surface area (TPSA) is 92.8 Å². The molecule has 7 heteroatoms. The van der Waals surface area contributed by atoms with Gasteiger partial charge in [0.2, 0.25) is 0 Å². The number of rotatable bonds is 7. The van der Waals surface area contributed by atoms with Crippen LogP contribution in [-0.4, -0.2) is 20.7 Å². The third kappa shape index (κ3) is 4.95. The number of carbonyl (C=O) groups is 1. The average Bonchev–Trinajstić information content (AvgIpc) is 3.35. The number of nitrogens with zero attached hydrogens (tertiary/aromatic N) is 4. The first-order valence-electron chi connectivity index (χ1n) is 9.66. The zero-order chi connectivity index (χ0) is 21.5. The van der Waals surface area contributed by atoms with Crippen molar-refractivity contribution in [2.45, 2.75) is 13.0 Å². The Hall–Kier alpha value is -4.44. The van der Waals surface area contributed by atoms with E-state index in [1.165, 1.54) is 6.33 Å². The molecule has 3 aromatic carbocycles. The molecule has 0 bridgehead atoms. The summed E-state index contributed by atoms with van der Waals surface area (Å²) in [5.41, 5.74) is 3.85. The van der Waals surface area contributed by atoms with Gasteiger partial charge in [-0.3, -0.25) is 4.79 Å².